The van der Waals surface area contributed by atoms with Gasteiger partial charge in [0.2, 0.25) is 0 Å². The first-order valence-electron chi connectivity index (χ1n) is 8.27. The zero-order valence-electron chi connectivity index (χ0n) is 13.1. The maximum absolute atomic E-state index is 6.29. The molecule has 1 fully saturated rings. The summed E-state index contributed by atoms with van der Waals surface area (Å²) in [6.07, 6.45) is 2.30. The van der Waals surface area contributed by atoms with Crippen molar-refractivity contribution < 1.29 is 4.74 Å². The number of rotatable bonds is 2. The summed E-state index contributed by atoms with van der Waals surface area (Å²) >= 11 is 6.29. The van der Waals surface area contributed by atoms with Crippen molar-refractivity contribution in [2.45, 2.75) is 18.9 Å². The highest BCUT2D eigenvalue weighted by Gasteiger charge is 2.24. The molecule has 0 spiro atoms. The van der Waals surface area contributed by atoms with Crippen LogP contribution in [-0.2, 0) is 17.6 Å². The largest absolute Gasteiger partial charge is 0.374 e. The molecule has 1 N–H and O–H groups in total. The Kier molecular flexibility index (Phi) is 4.25. The fourth-order valence-corrected chi connectivity index (χ4v) is 3.69. The third-order valence-electron chi connectivity index (χ3n) is 4.67. The predicted molar refractivity (Wildman–Crippen MR) is 94.9 cm³/mol. The lowest BCUT2D eigenvalue weighted by Crippen LogP contribution is -2.44. The first-order chi connectivity index (χ1) is 11.3. The minimum absolute atomic E-state index is 0.196. The van der Waals surface area contributed by atoms with Gasteiger partial charge in [0.05, 0.1) is 19.3 Å². The fraction of sp³-hybridized carbons (Fsp3) is 0.368. The van der Waals surface area contributed by atoms with Gasteiger partial charge < -0.3 is 15.0 Å². The van der Waals surface area contributed by atoms with Crippen LogP contribution in [0.5, 0.6) is 0 Å². The first-order valence-corrected chi connectivity index (χ1v) is 8.65. The van der Waals surface area contributed by atoms with E-state index in [0.29, 0.717) is 0 Å². The van der Waals surface area contributed by atoms with Crippen molar-refractivity contribution in [1.29, 1.82) is 0 Å². The Labute approximate surface area is 142 Å². The van der Waals surface area contributed by atoms with Gasteiger partial charge in [0.1, 0.15) is 0 Å². The van der Waals surface area contributed by atoms with Crippen LogP contribution in [0.4, 0.5) is 11.4 Å². The minimum atomic E-state index is 0.196. The summed E-state index contributed by atoms with van der Waals surface area (Å²) in [5.74, 6) is 0. The highest BCUT2D eigenvalue weighted by molar-refractivity contribution is 6.30. The number of hydrogen-bond donors (Lipinski definition) is 1. The normalized spacial score (nSPS) is 20.6. The molecule has 0 amide bonds. The number of para-hydroxylation sites is 1. The van der Waals surface area contributed by atoms with Crippen LogP contribution in [0.2, 0.25) is 5.02 Å². The van der Waals surface area contributed by atoms with Gasteiger partial charge in [0.25, 0.3) is 0 Å². The van der Waals surface area contributed by atoms with E-state index in [1.165, 1.54) is 22.5 Å². The molecule has 1 saturated heterocycles. The van der Waals surface area contributed by atoms with E-state index in [9.17, 15) is 0 Å². The quantitative estimate of drug-likeness (QED) is 0.912. The van der Waals surface area contributed by atoms with Crippen LogP contribution in [0.15, 0.2) is 42.5 Å². The molecule has 0 bridgehead atoms. The molecule has 2 aliphatic rings. The zero-order chi connectivity index (χ0) is 15.6. The maximum Gasteiger partial charge on any atom is 0.0878 e. The van der Waals surface area contributed by atoms with Crippen LogP contribution >= 0.6 is 11.6 Å². The standard InChI is InChI=1S/C19H21ClN2O/c20-16-8-7-15-6-5-14-3-1-2-4-18(14)22(19(15)11-16)13-17-12-21-9-10-23-17/h1-4,7-8,11,17,21H,5-6,9-10,12-13H2. The molecule has 3 nitrogen and oxygen atoms in total. The van der Waals surface area contributed by atoms with E-state index in [0.717, 1.165) is 44.1 Å². The molecule has 0 aromatic heterocycles. The van der Waals surface area contributed by atoms with E-state index < -0.39 is 0 Å². The maximum atomic E-state index is 6.29. The van der Waals surface area contributed by atoms with Gasteiger partial charge >= 0.3 is 0 Å². The molecule has 2 aromatic rings. The third kappa shape index (κ3) is 3.09. The van der Waals surface area contributed by atoms with Crippen LogP contribution < -0.4 is 10.2 Å². The van der Waals surface area contributed by atoms with E-state index in [1.54, 1.807) is 0 Å². The predicted octanol–water partition coefficient (Wildman–Crippen LogP) is 3.57. The van der Waals surface area contributed by atoms with Crippen LogP contribution in [0, 0.1) is 0 Å². The first kappa shape index (κ1) is 15.0. The Morgan fingerprint density at radius 1 is 1.09 bits per heavy atom. The van der Waals surface area contributed by atoms with Crippen LogP contribution in [0.25, 0.3) is 0 Å². The summed E-state index contributed by atoms with van der Waals surface area (Å²) in [5, 5.41) is 4.21. The van der Waals surface area contributed by atoms with Crippen molar-refractivity contribution in [3.63, 3.8) is 0 Å². The van der Waals surface area contributed by atoms with Crippen molar-refractivity contribution in [1.82, 2.24) is 5.32 Å². The Balaban J connectivity index is 1.76. The summed E-state index contributed by atoms with van der Waals surface area (Å²) in [5.41, 5.74) is 5.25. The minimum Gasteiger partial charge on any atom is -0.374 e. The number of halogens is 1. The number of hydrogen-bond acceptors (Lipinski definition) is 3. The number of nitrogens with zero attached hydrogens (tertiary/aromatic N) is 1. The molecule has 2 heterocycles. The molecule has 2 aromatic carbocycles. The number of benzene rings is 2. The average molecular weight is 329 g/mol. The highest BCUT2D eigenvalue weighted by Crippen LogP contribution is 2.37. The topological polar surface area (TPSA) is 24.5 Å². The molecule has 1 unspecified atom stereocenters. The highest BCUT2D eigenvalue weighted by atomic mass is 35.5. The Morgan fingerprint density at radius 3 is 2.74 bits per heavy atom. The zero-order valence-corrected chi connectivity index (χ0v) is 13.9. The Hall–Kier alpha value is -1.55. The van der Waals surface area contributed by atoms with E-state index in [1.807, 2.05) is 6.07 Å². The lowest BCUT2D eigenvalue weighted by Gasteiger charge is -2.33. The van der Waals surface area contributed by atoms with Crippen LogP contribution in [0.3, 0.4) is 0 Å². The van der Waals surface area contributed by atoms with Gasteiger partial charge in [-0.3, -0.25) is 0 Å². The molecule has 1 atom stereocenters. The number of aryl methyl sites for hydroxylation is 2. The van der Waals surface area contributed by atoms with Crippen LogP contribution in [0.1, 0.15) is 11.1 Å². The average Bonchev–Trinajstić information content (AvgIpc) is 2.74. The van der Waals surface area contributed by atoms with Crippen molar-refractivity contribution in [2.24, 2.45) is 0 Å². The summed E-state index contributed by atoms with van der Waals surface area (Å²) < 4.78 is 5.94. The van der Waals surface area contributed by atoms with Crippen molar-refractivity contribution in [3.8, 4) is 0 Å². The molecular weight excluding hydrogens is 308 g/mol. The lowest BCUT2D eigenvalue weighted by molar-refractivity contribution is 0.0346. The van der Waals surface area contributed by atoms with Gasteiger partial charge in [-0.15, -0.1) is 0 Å². The van der Waals surface area contributed by atoms with E-state index in [-0.39, 0.29) is 6.10 Å². The van der Waals surface area contributed by atoms with Gasteiger partial charge in [-0.25, -0.2) is 0 Å². The molecule has 0 aliphatic carbocycles. The lowest BCUT2D eigenvalue weighted by atomic mass is 10.0. The van der Waals surface area contributed by atoms with Crippen molar-refractivity contribution in [3.05, 3.63) is 58.6 Å². The SMILES string of the molecule is Clc1ccc2c(c1)N(CC1CNCCO1)c1ccccc1CC2. The second-order valence-corrected chi connectivity index (χ2v) is 6.65. The summed E-state index contributed by atoms with van der Waals surface area (Å²) in [6.45, 7) is 3.46. The third-order valence-corrected chi connectivity index (χ3v) is 4.91. The van der Waals surface area contributed by atoms with E-state index in [4.69, 9.17) is 16.3 Å². The Bertz CT molecular complexity index is 698. The molecule has 23 heavy (non-hydrogen) atoms. The number of nitrogens with one attached hydrogen (secondary N) is 1. The van der Waals surface area contributed by atoms with E-state index in [2.05, 4.69) is 46.6 Å². The van der Waals surface area contributed by atoms with Gasteiger partial charge in [-0.2, -0.15) is 0 Å². The van der Waals surface area contributed by atoms with E-state index >= 15 is 0 Å². The summed E-state index contributed by atoms with van der Waals surface area (Å²) in [7, 11) is 0. The molecule has 120 valence electrons. The molecule has 4 rings (SSSR count). The Morgan fingerprint density at radius 2 is 1.91 bits per heavy atom. The molecule has 4 heteroatoms. The molecular formula is C19H21ClN2O. The molecule has 0 radical (unpaired) electrons. The number of anilines is 2. The number of morpholine rings is 1. The van der Waals surface area contributed by atoms with Crippen LogP contribution in [-0.4, -0.2) is 32.3 Å². The van der Waals surface area contributed by atoms with Crippen molar-refractivity contribution >= 4 is 23.0 Å². The molecule has 2 aliphatic heterocycles. The van der Waals surface area contributed by atoms with Gasteiger partial charge in [-0.05, 0) is 42.2 Å². The van der Waals surface area contributed by atoms with Crippen molar-refractivity contribution in [2.75, 3.05) is 31.1 Å². The second kappa shape index (κ2) is 6.52. The van der Waals surface area contributed by atoms with Gasteiger partial charge in [-0.1, -0.05) is 35.9 Å². The smallest absolute Gasteiger partial charge is 0.0878 e. The van der Waals surface area contributed by atoms with Gasteiger partial charge in [0, 0.05) is 29.5 Å². The number of ether oxygens (including phenoxy) is 1. The summed E-state index contributed by atoms with van der Waals surface area (Å²) in [4.78, 5) is 2.39. The summed E-state index contributed by atoms with van der Waals surface area (Å²) in [6, 6.07) is 14.9. The molecule has 0 saturated carbocycles. The van der Waals surface area contributed by atoms with Gasteiger partial charge in [0.15, 0.2) is 0 Å². The fourth-order valence-electron chi connectivity index (χ4n) is 3.52. The monoisotopic (exact) mass is 328 g/mol. The second-order valence-electron chi connectivity index (χ2n) is 6.21. The number of fused-ring (bicyclic) bond motifs is 2.